The van der Waals surface area contributed by atoms with E-state index in [0.717, 1.165) is 21.9 Å². The smallest absolute Gasteiger partial charge is 1.00 e. The molecule has 9 nitrogen and oxygen atoms in total. The van der Waals surface area contributed by atoms with Gasteiger partial charge >= 0.3 is 35.6 Å². The van der Waals surface area contributed by atoms with Crippen molar-refractivity contribution in [2.75, 3.05) is 18.4 Å². The average Bonchev–Trinajstić information content (AvgIpc) is 3.07. The second kappa shape index (κ2) is 10.5. The molecule has 1 fully saturated rings. The van der Waals surface area contributed by atoms with Crippen LogP contribution in [0.1, 0.15) is 62.6 Å². The number of benzene rings is 1. The molecule has 1 aliphatic rings. The summed E-state index contributed by atoms with van der Waals surface area (Å²) in [6.45, 7) is 7.84. The van der Waals surface area contributed by atoms with Gasteiger partial charge in [-0.15, -0.1) is 0 Å². The third-order valence-corrected chi connectivity index (χ3v) is 6.52. The fraction of sp³-hybridized carbons (Fsp3) is 0.476. The molecular formula is C21H29FN5NaO4S. The first-order valence-electron chi connectivity index (χ1n) is 10.3. The van der Waals surface area contributed by atoms with Crippen molar-refractivity contribution in [3.8, 4) is 0 Å². The molecule has 176 valence electrons. The molecule has 12 heteroatoms. The van der Waals surface area contributed by atoms with Crippen LogP contribution in [0.3, 0.4) is 0 Å². The molecule has 3 rings (SSSR count). The maximum absolute atomic E-state index is 13.1. The van der Waals surface area contributed by atoms with Gasteiger partial charge in [0.2, 0.25) is 0 Å². The number of nitrogens with zero attached hydrogens (tertiary/aromatic N) is 3. The van der Waals surface area contributed by atoms with Crippen LogP contribution in [0.25, 0.3) is 0 Å². The molecule has 2 aromatic rings. The summed E-state index contributed by atoms with van der Waals surface area (Å²) >= 11 is 0. The zero-order chi connectivity index (χ0) is 23.8. The molecule has 0 aliphatic carbocycles. The number of alkyl halides is 1. The number of hydrogen-bond donors (Lipinski definition) is 2. The van der Waals surface area contributed by atoms with Crippen LogP contribution < -0.4 is 39.6 Å². The minimum atomic E-state index is -4.34. The molecule has 1 aromatic carbocycles. The molecule has 33 heavy (non-hydrogen) atoms. The second-order valence-corrected chi connectivity index (χ2v) is 10.1. The van der Waals surface area contributed by atoms with Crippen LogP contribution in [0.5, 0.6) is 0 Å². The fourth-order valence-electron chi connectivity index (χ4n) is 3.53. The van der Waals surface area contributed by atoms with Crippen molar-refractivity contribution in [1.29, 1.82) is 0 Å². The van der Waals surface area contributed by atoms with E-state index in [1.54, 1.807) is 0 Å². The summed E-state index contributed by atoms with van der Waals surface area (Å²) < 4.78 is 41.6. The van der Waals surface area contributed by atoms with E-state index in [0.29, 0.717) is 5.69 Å². The van der Waals surface area contributed by atoms with Gasteiger partial charge in [-0.25, -0.2) is 13.9 Å². The van der Waals surface area contributed by atoms with Crippen LogP contribution in [-0.4, -0.2) is 54.3 Å². The molecular weight excluding hydrogens is 460 g/mol. The number of amides is 3. The molecule has 0 atom stereocenters. The molecule has 2 heterocycles. The Kier molecular flexibility index (Phi) is 8.72. The minimum Gasteiger partial charge on any atom is -1.00 e. The number of sulfonamides is 1. The number of aryl methyl sites for hydroxylation is 1. The van der Waals surface area contributed by atoms with Gasteiger partial charge < -0.3 is 11.6 Å². The number of nitrogens with one attached hydrogen (secondary N) is 2. The summed E-state index contributed by atoms with van der Waals surface area (Å²) in [7, 11) is -2.94. The van der Waals surface area contributed by atoms with Gasteiger partial charge in [0.05, 0.1) is 13.1 Å². The van der Waals surface area contributed by atoms with Gasteiger partial charge in [-0.2, -0.15) is 13.5 Å². The minimum absolute atomic E-state index is 0. The Balaban J connectivity index is 0.00000289. The molecule has 3 amide bonds. The number of rotatable bonds is 6. The van der Waals surface area contributed by atoms with Gasteiger partial charge in [-0.3, -0.25) is 9.48 Å². The SMILES string of the molecule is CC(C)c1cccc(C(C)C)c1NC(=O)NS(=O)(=O)c1cc(C(=O)N2CC(F)C2)n(C)n1.[H-].[Na+]. The topological polar surface area (TPSA) is 113 Å². The van der Waals surface area contributed by atoms with E-state index in [-0.39, 0.29) is 61.6 Å². The Morgan fingerprint density at radius 1 is 1.15 bits per heavy atom. The predicted molar refractivity (Wildman–Crippen MR) is 119 cm³/mol. The molecule has 0 saturated carbocycles. The van der Waals surface area contributed by atoms with Crippen molar-refractivity contribution in [2.24, 2.45) is 7.05 Å². The molecule has 1 saturated heterocycles. The van der Waals surface area contributed by atoms with Crippen molar-refractivity contribution < 1.29 is 53.4 Å². The summed E-state index contributed by atoms with van der Waals surface area (Å²) in [6, 6.07) is 5.82. The molecule has 0 unspecified atom stereocenters. The first-order chi connectivity index (χ1) is 14.9. The average molecular weight is 490 g/mol. The number of likely N-dealkylation sites (tertiary alicyclic amines) is 1. The number of para-hydroxylation sites is 1. The number of carbonyl (C=O) groups is 2. The number of hydrogen-bond acceptors (Lipinski definition) is 5. The molecule has 1 aromatic heterocycles. The van der Waals surface area contributed by atoms with Gasteiger partial charge in [0.1, 0.15) is 11.9 Å². The summed E-state index contributed by atoms with van der Waals surface area (Å²) in [5, 5.41) is 6.06. The van der Waals surface area contributed by atoms with E-state index < -0.39 is 33.2 Å². The van der Waals surface area contributed by atoms with Crippen LogP contribution in [0.4, 0.5) is 14.9 Å². The normalized spacial score (nSPS) is 14.1. The Bertz CT molecular complexity index is 1120. The third kappa shape index (κ3) is 5.95. The molecule has 1 aliphatic heterocycles. The number of carbonyl (C=O) groups excluding carboxylic acids is 2. The number of urea groups is 1. The first-order valence-corrected chi connectivity index (χ1v) is 11.8. The molecule has 0 bridgehead atoms. The number of halogens is 1. The van der Waals surface area contributed by atoms with E-state index in [1.165, 1.54) is 11.9 Å². The van der Waals surface area contributed by atoms with Gasteiger partial charge in [-0.1, -0.05) is 45.9 Å². The fourth-order valence-corrected chi connectivity index (χ4v) is 4.43. The summed E-state index contributed by atoms with van der Waals surface area (Å²) in [5.41, 5.74) is 2.33. The van der Waals surface area contributed by atoms with Crippen molar-refractivity contribution >= 4 is 27.6 Å². The van der Waals surface area contributed by atoms with E-state index >= 15 is 0 Å². The Morgan fingerprint density at radius 3 is 2.18 bits per heavy atom. The Labute approximate surface area is 216 Å². The predicted octanol–water partition coefficient (Wildman–Crippen LogP) is 0.0877. The molecule has 2 N–H and O–H groups in total. The summed E-state index contributed by atoms with van der Waals surface area (Å²) in [5.74, 6) is -0.307. The number of anilines is 1. The number of aromatic nitrogens is 2. The van der Waals surface area contributed by atoms with Gasteiger partial charge in [-0.05, 0) is 23.0 Å². The van der Waals surface area contributed by atoms with E-state index in [9.17, 15) is 22.4 Å². The van der Waals surface area contributed by atoms with E-state index in [1.807, 2.05) is 50.6 Å². The summed E-state index contributed by atoms with van der Waals surface area (Å²) in [4.78, 5) is 26.3. The zero-order valence-electron chi connectivity index (χ0n) is 20.7. The molecule has 0 spiro atoms. The van der Waals surface area contributed by atoms with Gasteiger partial charge in [0.25, 0.3) is 15.9 Å². The Morgan fingerprint density at radius 2 is 1.70 bits per heavy atom. The summed E-state index contributed by atoms with van der Waals surface area (Å²) in [6.07, 6.45) is -1.08. The monoisotopic (exact) mass is 489 g/mol. The zero-order valence-corrected chi connectivity index (χ0v) is 22.5. The van der Waals surface area contributed by atoms with Gasteiger partial charge in [0, 0.05) is 18.8 Å². The van der Waals surface area contributed by atoms with Crippen molar-refractivity contribution in [3.05, 3.63) is 41.1 Å². The second-order valence-electron chi connectivity index (χ2n) is 8.48. The van der Waals surface area contributed by atoms with Crippen LogP contribution in [-0.2, 0) is 17.1 Å². The van der Waals surface area contributed by atoms with Crippen molar-refractivity contribution in [3.63, 3.8) is 0 Å². The van der Waals surface area contributed by atoms with Crippen LogP contribution in [0.2, 0.25) is 0 Å². The largest absolute Gasteiger partial charge is 1.00 e. The quantitative estimate of drug-likeness (QED) is 0.559. The van der Waals surface area contributed by atoms with Crippen LogP contribution in [0.15, 0.2) is 29.3 Å². The Hall–Kier alpha value is -1.95. The van der Waals surface area contributed by atoms with E-state index in [4.69, 9.17) is 0 Å². The van der Waals surface area contributed by atoms with Crippen molar-refractivity contribution in [1.82, 2.24) is 19.4 Å². The maximum Gasteiger partial charge on any atom is 1.00 e. The van der Waals surface area contributed by atoms with Crippen molar-refractivity contribution in [2.45, 2.75) is 50.7 Å². The first kappa shape index (κ1) is 27.3. The standard InChI is InChI=1S/C21H28FN5O4S.Na.H/c1-12(2)15-7-6-8-16(13(3)4)19(15)23-21(29)25-32(30,31)18-9-17(26(5)24-18)20(28)27-10-14(22)11-27;;/h6-9,12-14H,10-11H2,1-5H3,(H2,23,25,29);;/q;+1;-1. The van der Waals surface area contributed by atoms with E-state index in [2.05, 4.69) is 10.4 Å². The third-order valence-electron chi connectivity index (χ3n) is 5.31. The maximum atomic E-state index is 13.1. The van der Waals surface area contributed by atoms with Gasteiger partial charge in [0.15, 0.2) is 5.03 Å². The van der Waals surface area contributed by atoms with Crippen LogP contribution in [0, 0.1) is 0 Å². The van der Waals surface area contributed by atoms with Crippen LogP contribution >= 0.6 is 0 Å². The molecule has 0 radical (unpaired) electrons.